The average molecular weight is 260 g/mol. The minimum absolute atomic E-state index is 0.0826. The van der Waals surface area contributed by atoms with Crippen LogP contribution in [0.4, 0.5) is 0 Å². The van der Waals surface area contributed by atoms with E-state index < -0.39 is 0 Å². The number of aromatic nitrogens is 2. The van der Waals surface area contributed by atoms with Gasteiger partial charge < -0.3 is 15.2 Å². The van der Waals surface area contributed by atoms with Gasteiger partial charge in [0.2, 0.25) is 5.89 Å². The third-order valence-electron chi connectivity index (χ3n) is 2.62. The molecule has 6 nitrogen and oxygen atoms in total. The van der Waals surface area contributed by atoms with E-state index >= 15 is 0 Å². The smallest absolute Gasteiger partial charge is 0.251 e. The van der Waals surface area contributed by atoms with Gasteiger partial charge in [0.15, 0.2) is 5.82 Å². The fourth-order valence-corrected chi connectivity index (χ4v) is 1.64. The predicted molar refractivity (Wildman–Crippen MR) is 69.4 cm³/mol. The molecule has 2 rings (SSSR count). The molecule has 0 bridgehead atoms. The van der Waals surface area contributed by atoms with Crippen LogP contribution in [0, 0.1) is 6.92 Å². The van der Waals surface area contributed by atoms with Crippen LogP contribution in [-0.4, -0.2) is 23.1 Å². The predicted octanol–water partition coefficient (Wildman–Crippen LogP) is 1.03. The Kier molecular flexibility index (Phi) is 4.25. The molecule has 2 N–H and O–H groups in total. The summed E-state index contributed by atoms with van der Waals surface area (Å²) in [5.41, 5.74) is 1.74. The molecule has 0 unspecified atom stereocenters. The molecular weight excluding hydrogens is 244 g/mol. The Morgan fingerprint density at radius 2 is 2.00 bits per heavy atom. The summed E-state index contributed by atoms with van der Waals surface area (Å²) >= 11 is 0. The molecule has 1 heterocycles. The van der Waals surface area contributed by atoms with Crippen LogP contribution in [0.3, 0.4) is 0 Å². The van der Waals surface area contributed by atoms with Crippen LogP contribution in [0.15, 0.2) is 28.8 Å². The highest BCUT2D eigenvalue weighted by molar-refractivity contribution is 5.93. The van der Waals surface area contributed by atoms with Crippen LogP contribution in [0.2, 0.25) is 0 Å². The number of nitrogens with zero attached hydrogens (tertiary/aromatic N) is 2. The molecule has 19 heavy (non-hydrogen) atoms. The van der Waals surface area contributed by atoms with Gasteiger partial charge in [0, 0.05) is 19.2 Å². The van der Waals surface area contributed by atoms with Crippen molar-refractivity contribution in [3.05, 3.63) is 47.1 Å². The number of aryl methyl sites for hydroxylation is 1. The number of rotatable bonds is 5. The SMILES string of the molecule is CNC(=O)c1ccc(CNCc2nc(C)no2)cc1. The number of benzene rings is 1. The largest absolute Gasteiger partial charge is 0.355 e. The van der Waals surface area contributed by atoms with Gasteiger partial charge in [0.05, 0.1) is 6.54 Å². The molecule has 1 amide bonds. The van der Waals surface area contributed by atoms with E-state index in [0.29, 0.717) is 30.4 Å². The van der Waals surface area contributed by atoms with Crippen LogP contribution in [0.5, 0.6) is 0 Å². The topological polar surface area (TPSA) is 80.0 Å². The third kappa shape index (κ3) is 3.62. The number of hydrogen-bond donors (Lipinski definition) is 2. The Labute approximate surface area is 111 Å². The summed E-state index contributed by atoms with van der Waals surface area (Å²) in [5, 5.41) is 9.49. The molecule has 1 aromatic carbocycles. The van der Waals surface area contributed by atoms with Gasteiger partial charge in [-0.3, -0.25) is 4.79 Å². The zero-order valence-electron chi connectivity index (χ0n) is 10.9. The highest BCUT2D eigenvalue weighted by Crippen LogP contribution is 2.04. The Morgan fingerprint density at radius 1 is 1.26 bits per heavy atom. The first-order valence-corrected chi connectivity index (χ1v) is 6.00. The average Bonchev–Trinajstić information content (AvgIpc) is 2.84. The molecule has 0 aliphatic carbocycles. The van der Waals surface area contributed by atoms with E-state index in [4.69, 9.17) is 4.52 Å². The van der Waals surface area contributed by atoms with Crippen LogP contribution in [-0.2, 0) is 13.1 Å². The van der Waals surface area contributed by atoms with Crippen molar-refractivity contribution in [2.75, 3.05) is 7.05 Å². The van der Waals surface area contributed by atoms with Crippen molar-refractivity contribution in [2.45, 2.75) is 20.0 Å². The van der Waals surface area contributed by atoms with Gasteiger partial charge in [0.1, 0.15) is 0 Å². The van der Waals surface area contributed by atoms with Gasteiger partial charge in [-0.15, -0.1) is 0 Å². The Bertz CT molecular complexity index is 548. The monoisotopic (exact) mass is 260 g/mol. The number of nitrogens with one attached hydrogen (secondary N) is 2. The number of carbonyl (C=O) groups excluding carboxylic acids is 1. The highest BCUT2D eigenvalue weighted by Gasteiger charge is 2.03. The Hall–Kier alpha value is -2.21. The van der Waals surface area contributed by atoms with Crippen LogP contribution in [0.25, 0.3) is 0 Å². The van der Waals surface area contributed by atoms with Gasteiger partial charge in [-0.2, -0.15) is 4.98 Å². The standard InChI is InChI=1S/C13H16N4O2/c1-9-16-12(19-17-9)8-15-7-10-3-5-11(6-4-10)13(18)14-2/h3-6,15H,7-8H2,1-2H3,(H,14,18). The number of amides is 1. The molecule has 100 valence electrons. The molecule has 6 heteroatoms. The van der Waals surface area contributed by atoms with Crippen molar-refractivity contribution >= 4 is 5.91 Å². The quantitative estimate of drug-likeness (QED) is 0.839. The van der Waals surface area contributed by atoms with Crippen molar-refractivity contribution in [1.29, 1.82) is 0 Å². The summed E-state index contributed by atoms with van der Waals surface area (Å²) < 4.78 is 4.99. The van der Waals surface area contributed by atoms with Gasteiger partial charge in [0.25, 0.3) is 5.91 Å². The van der Waals surface area contributed by atoms with E-state index in [2.05, 4.69) is 20.8 Å². The van der Waals surface area contributed by atoms with Gasteiger partial charge in [-0.05, 0) is 24.6 Å². The summed E-state index contributed by atoms with van der Waals surface area (Å²) in [7, 11) is 1.62. The lowest BCUT2D eigenvalue weighted by molar-refractivity contribution is 0.0963. The summed E-state index contributed by atoms with van der Waals surface area (Å²) in [6.45, 7) is 2.98. The second-order valence-corrected chi connectivity index (χ2v) is 4.11. The lowest BCUT2D eigenvalue weighted by Gasteiger charge is -2.04. The van der Waals surface area contributed by atoms with Crippen LogP contribution >= 0.6 is 0 Å². The zero-order valence-corrected chi connectivity index (χ0v) is 10.9. The number of hydrogen-bond acceptors (Lipinski definition) is 5. The normalized spacial score (nSPS) is 10.4. The van der Waals surface area contributed by atoms with E-state index in [1.54, 1.807) is 26.1 Å². The maximum atomic E-state index is 11.4. The minimum Gasteiger partial charge on any atom is -0.355 e. The van der Waals surface area contributed by atoms with E-state index in [0.717, 1.165) is 5.56 Å². The van der Waals surface area contributed by atoms with E-state index in [9.17, 15) is 4.79 Å². The first kappa shape index (κ1) is 13.2. The molecule has 0 aliphatic rings. The van der Waals surface area contributed by atoms with Crippen molar-refractivity contribution in [3.63, 3.8) is 0 Å². The molecule has 2 aromatic rings. The first-order valence-electron chi connectivity index (χ1n) is 6.00. The third-order valence-corrected chi connectivity index (χ3v) is 2.62. The summed E-state index contributed by atoms with van der Waals surface area (Å²) in [4.78, 5) is 15.5. The minimum atomic E-state index is -0.0826. The molecule has 1 aromatic heterocycles. The molecule has 0 aliphatic heterocycles. The molecular formula is C13H16N4O2. The van der Waals surface area contributed by atoms with E-state index in [1.165, 1.54) is 0 Å². The molecule has 0 saturated carbocycles. The van der Waals surface area contributed by atoms with Crippen molar-refractivity contribution in [2.24, 2.45) is 0 Å². The fourth-order valence-electron chi connectivity index (χ4n) is 1.64. The lowest BCUT2D eigenvalue weighted by Crippen LogP contribution is -2.18. The molecule has 0 radical (unpaired) electrons. The van der Waals surface area contributed by atoms with Crippen molar-refractivity contribution < 1.29 is 9.32 Å². The Morgan fingerprint density at radius 3 is 2.58 bits per heavy atom. The second kappa shape index (κ2) is 6.10. The second-order valence-electron chi connectivity index (χ2n) is 4.11. The van der Waals surface area contributed by atoms with Gasteiger partial charge in [-0.25, -0.2) is 0 Å². The summed E-state index contributed by atoms with van der Waals surface area (Å²) in [6, 6.07) is 7.42. The number of carbonyl (C=O) groups is 1. The zero-order chi connectivity index (χ0) is 13.7. The van der Waals surface area contributed by atoms with Gasteiger partial charge >= 0.3 is 0 Å². The van der Waals surface area contributed by atoms with Crippen molar-refractivity contribution in [1.82, 2.24) is 20.8 Å². The lowest BCUT2D eigenvalue weighted by atomic mass is 10.1. The van der Waals surface area contributed by atoms with Crippen molar-refractivity contribution in [3.8, 4) is 0 Å². The molecule has 0 atom stereocenters. The van der Waals surface area contributed by atoms with E-state index in [1.807, 2.05) is 12.1 Å². The van der Waals surface area contributed by atoms with E-state index in [-0.39, 0.29) is 5.91 Å². The Balaban J connectivity index is 1.84. The van der Waals surface area contributed by atoms with Crippen LogP contribution < -0.4 is 10.6 Å². The molecule has 0 fully saturated rings. The molecule has 0 spiro atoms. The maximum absolute atomic E-state index is 11.4. The summed E-state index contributed by atoms with van der Waals surface area (Å²) in [6.07, 6.45) is 0. The fraction of sp³-hybridized carbons (Fsp3) is 0.308. The van der Waals surface area contributed by atoms with Gasteiger partial charge in [-0.1, -0.05) is 17.3 Å². The highest BCUT2D eigenvalue weighted by atomic mass is 16.5. The maximum Gasteiger partial charge on any atom is 0.251 e. The van der Waals surface area contributed by atoms with Crippen LogP contribution in [0.1, 0.15) is 27.6 Å². The molecule has 0 saturated heterocycles. The first-order chi connectivity index (χ1) is 9.19. The summed E-state index contributed by atoms with van der Waals surface area (Å²) in [5.74, 6) is 1.12.